The number of methoxy groups -OCH3 is 1. The van der Waals surface area contributed by atoms with E-state index >= 15 is 0 Å². The molecule has 1 N–H and O–H groups in total. The molecule has 104 valence electrons. The molecule has 0 bridgehead atoms. The molecule has 0 radical (unpaired) electrons. The monoisotopic (exact) mass is 283 g/mol. The SMILES string of the molecule is COC(=O)[C@H](CC(C)C)NC(=O)c1ccc(Cl)cc1. The van der Waals surface area contributed by atoms with Crippen molar-refractivity contribution in [3.63, 3.8) is 0 Å². The predicted molar refractivity (Wildman–Crippen MR) is 74.2 cm³/mol. The lowest BCUT2D eigenvalue weighted by Crippen LogP contribution is -2.42. The molecule has 4 nitrogen and oxygen atoms in total. The van der Waals surface area contributed by atoms with Crippen LogP contribution in [0.3, 0.4) is 0 Å². The molecule has 1 aromatic rings. The van der Waals surface area contributed by atoms with Crippen LogP contribution in [0.25, 0.3) is 0 Å². The Hall–Kier alpha value is -1.55. The van der Waals surface area contributed by atoms with Crippen molar-refractivity contribution in [3.05, 3.63) is 34.9 Å². The highest BCUT2D eigenvalue weighted by Gasteiger charge is 2.22. The van der Waals surface area contributed by atoms with E-state index in [4.69, 9.17) is 16.3 Å². The molecule has 0 spiro atoms. The molecule has 0 saturated carbocycles. The van der Waals surface area contributed by atoms with Gasteiger partial charge in [-0.15, -0.1) is 0 Å². The number of nitrogens with one attached hydrogen (secondary N) is 1. The molecule has 1 amide bonds. The fourth-order valence-electron chi connectivity index (χ4n) is 1.67. The van der Waals surface area contributed by atoms with Crippen molar-refractivity contribution in [1.82, 2.24) is 5.32 Å². The minimum absolute atomic E-state index is 0.273. The van der Waals surface area contributed by atoms with Gasteiger partial charge in [-0.05, 0) is 36.6 Å². The van der Waals surface area contributed by atoms with E-state index in [-0.39, 0.29) is 11.8 Å². The fourth-order valence-corrected chi connectivity index (χ4v) is 1.80. The zero-order valence-corrected chi connectivity index (χ0v) is 12.0. The summed E-state index contributed by atoms with van der Waals surface area (Å²) in [5, 5.41) is 3.24. The van der Waals surface area contributed by atoms with Gasteiger partial charge in [0.15, 0.2) is 0 Å². The highest BCUT2D eigenvalue weighted by atomic mass is 35.5. The van der Waals surface area contributed by atoms with Gasteiger partial charge in [-0.2, -0.15) is 0 Å². The van der Waals surface area contributed by atoms with E-state index in [9.17, 15) is 9.59 Å². The van der Waals surface area contributed by atoms with Crippen LogP contribution in [0.2, 0.25) is 5.02 Å². The second kappa shape index (κ2) is 7.14. The molecule has 0 aliphatic carbocycles. The molecule has 0 fully saturated rings. The summed E-state index contributed by atoms with van der Waals surface area (Å²) in [6, 6.07) is 5.86. The maximum Gasteiger partial charge on any atom is 0.328 e. The molecule has 0 aliphatic rings. The normalized spacial score (nSPS) is 12.1. The first-order chi connectivity index (χ1) is 8.93. The highest BCUT2D eigenvalue weighted by molar-refractivity contribution is 6.30. The van der Waals surface area contributed by atoms with Crippen molar-refractivity contribution in [2.24, 2.45) is 5.92 Å². The number of ether oxygens (including phenoxy) is 1. The zero-order valence-electron chi connectivity index (χ0n) is 11.3. The molecule has 0 aromatic heterocycles. The number of hydrogen-bond donors (Lipinski definition) is 1. The average molecular weight is 284 g/mol. The number of benzene rings is 1. The van der Waals surface area contributed by atoms with E-state index < -0.39 is 12.0 Å². The van der Waals surface area contributed by atoms with Crippen LogP contribution in [0.15, 0.2) is 24.3 Å². The number of carbonyl (C=O) groups is 2. The predicted octanol–water partition coefficient (Wildman–Crippen LogP) is 2.66. The van der Waals surface area contributed by atoms with Crippen LogP contribution in [0.5, 0.6) is 0 Å². The maximum atomic E-state index is 12.0. The number of hydrogen-bond acceptors (Lipinski definition) is 3. The van der Waals surface area contributed by atoms with Crippen LogP contribution in [0, 0.1) is 5.92 Å². The van der Waals surface area contributed by atoms with E-state index in [0.29, 0.717) is 17.0 Å². The summed E-state index contributed by atoms with van der Waals surface area (Å²) in [6.45, 7) is 3.95. The van der Waals surface area contributed by atoms with Crippen molar-refractivity contribution in [1.29, 1.82) is 0 Å². The summed E-state index contributed by atoms with van der Waals surface area (Å²) in [7, 11) is 1.31. The summed E-state index contributed by atoms with van der Waals surface area (Å²) in [5.41, 5.74) is 0.460. The lowest BCUT2D eigenvalue weighted by Gasteiger charge is -2.18. The van der Waals surface area contributed by atoms with Gasteiger partial charge in [0, 0.05) is 10.6 Å². The second-order valence-electron chi connectivity index (χ2n) is 4.69. The third kappa shape index (κ3) is 4.91. The van der Waals surface area contributed by atoms with Crippen LogP contribution in [-0.2, 0) is 9.53 Å². The number of esters is 1. The van der Waals surface area contributed by atoms with Gasteiger partial charge in [-0.25, -0.2) is 4.79 Å². The minimum Gasteiger partial charge on any atom is -0.467 e. The van der Waals surface area contributed by atoms with Gasteiger partial charge in [-0.3, -0.25) is 4.79 Å². The Bertz CT molecular complexity index is 443. The highest BCUT2D eigenvalue weighted by Crippen LogP contribution is 2.11. The van der Waals surface area contributed by atoms with Crippen LogP contribution < -0.4 is 5.32 Å². The third-order valence-corrected chi connectivity index (χ3v) is 2.86. The van der Waals surface area contributed by atoms with E-state index in [0.717, 1.165) is 0 Å². The van der Waals surface area contributed by atoms with Crippen LogP contribution in [0.4, 0.5) is 0 Å². The van der Waals surface area contributed by atoms with E-state index in [1.807, 2.05) is 13.8 Å². The molecule has 19 heavy (non-hydrogen) atoms. The quantitative estimate of drug-likeness (QED) is 0.845. The average Bonchev–Trinajstić information content (AvgIpc) is 2.37. The Morgan fingerprint density at radius 3 is 2.32 bits per heavy atom. The van der Waals surface area contributed by atoms with Crippen LogP contribution in [0.1, 0.15) is 30.6 Å². The van der Waals surface area contributed by atoms with Gasteiger partial charge in [0.2, 0.25) is 0 Å². The van der Waals surface area contributed by atoms with E-state index in [1.165, 1.54) is 7.11 Å². The summed E-state index contributed by atoms with van der Waals surface area (Å²) in [5.74, 6) is -0.474. The maximum absolute atomic E-state index is 12.0. The Balaban J connectivity index is 2.75. The van der Waals surface area contributed by atoms with E-state index in [1.54, 1.807) is 24.3 Å². The first-order valence-corrected chi connectivity index (χ1v) is 6.46. The van der Waals surface area contributed by atoms with Crippen molar-refractivity contribution < 1.29 is 14.3 Å². The van der Waals surface area contributed by atoms with Crippen molar-refractivity contribution in [2.45, 2.75) is 26.3 Å². The van der Waals surface area contributed by atoms with Crippen LogP contribution >= 0.6 is 11.6 Å². The van der Waals surface area contributed by atoms with Gasteiger partial charge >= 0.3 is 5.97 Å². The fraction of sp³-hybridized carbons (Fsp3) is 0.429. The summed E-state index contributed by atoms with van der Waals surface area (Å²) in [6.07, 6.45) is 0.534. The lowest BCUT2D eigenvalue weighted by molar-refractivity contribution is -0.143. The third-order valence-electron chi connectivity index (χ3n) is 2.60. The van der Waals surface area contributed by atoms with E-state index in [2.05, 4.69) is 5.32 Å². The van der Waals surface area contributed by atoms with Crippen molar-refractivity contribution in [2.75, 3.05) is 7.11 Å². The molecule has 1 aromatic carbocycles. The van der Waals surface area contributed by atoms with Gasteiger partial charge in [-0.1, -0.05) is 25.4 Å². The molecule has 1 rings (SSSR count). The van der Waals surface area contributed by atoms with Gasteiger partial charge in [0.25, 0.3) is 5.91 Å². The first-order valence-electron chi connectivity index (χ1n) is 6.08. The first kappa shape index (κ1) is 15.5. The Morgan fingerprint density at radius 1 is 1.26 bits per heavy atom. The van der Waals surface area contributed by atoms with Gasteiger partial charge in [0.05, 0.1) is 7.11 Å². The Morgan fingerprint density at radius 2 is 1.84 bits per heavy atom. The van der Waals surface area contributed by atoms with Gasteiger partial charge in [0.1, 0.15) is 6.04 Å². The summed E-state index contributed by atoms with van der Waals surface area (Å²) in [4.78, 5) is 23.6. The molecule has 0 heterocycles. The molecule has 1 atom stereocenters. The molecule has 5 heteroatoms. The van der Waals surface area contributed by atoms with Gasteiger partial charge < -0.3 is 10.1 Å². The Labute approximate surface area is 118 Å². The summed E-state index contributed by atoms with van der Waals surface area (Å²) >= 11 is 5.76. The van der Waals surface area contributed by atoms with Crippen molar-refractivity contribution in [3.8, 4) is 0 Å². The smallest absolute Gasteiger partial charge is 0.328 e. The minimum atomic E-state index is -0.631. The standard InChI is InChI=1S/C14H18ClNO3/c1-9(2)8-12(14(18)19-3)16-13(17)10-4-6-11(15)7-5-10/h4-7,9,12H,8H2,1-3H3,(H,16,17)/t12-/m0/s1. The Kier molecular flexibility index (Phi) is 5.83. The van der Waals surface area contributed by atoms with Crippen LogP contribution in [-0.4, -0.2) is 25.0 Å². The lowest BCUT2D eigenvalue weighted by atomic mass is 10.0. The number of amides is 1. The number of carbonyl (C=O) groups excluding carboxylic acids is 2. The zero-order chi connectivity index (χ0) is 14.4. The van der Waals surface area contributed by atoms with Crippen molar-refractivity contribution >= 4 is 23.5 Å². The second-order valence-corrected chi connectivity index (χ2v) is 5.12. The number of halogens is 1. The molecule has 0 unspecified atom stereocenters. The number of rotatable bonds is 5. The summed E-state index contributed by atoms with van der Waals surface area (Å²) < 4.78 is 4.69. The largest absolute Gasteiger partial charge is 0.467 e. The molecule has 0 saturated heterocycles. The molecular formula is C14H18ClNO3. The topological polar surface area (TPSA) is 55.4 Å². The molecular weight excluding hydrogens is 266 g/mol. The molecule has 0 aliphatic heterocycles.